The minimum Gasteiger partial charge on any atom is -0.456 e. The molecule has 0 unspecified atom stereocenters. The van der Waals surface area contributed by atoms with Gasteiger partial charge in [-0.05, 0) is 104 Å². The fourth-order valence-electron chi connectivity index (χ4n) is 10.0. The molecule has 0 saturated carbocycles. The van der Waals surface area contributed by atoms with Crippen molar-refractivity contribution < 1.29 is 8.83 Å². The molecule has 1 aliphatic rings. The molecule has 65 heavy (non-hydrogen) atoms. The van der Waals surface area contributed by atoms with Crippen LogP contribution in [0.15, 0.2) is 209 Å². The molecule has 0 N–H and O–H groups in total. The first-order chi connectivity index (χ1) is 31.9. The molecule has 0 fully saturated rings. The Hall–Kier alpha value is -8.41. The quantitative estimate of drug-likeness (QED) is 0.167. The van der Waals surface area contributed by atoms with Crippen LogP contribution in [-0.4, -0.2) is 15.0 Å². The van der Waals surface area contributed by atoms with Gasteiger partial charge in [0.05, 0.1) is 0 Å². The maximum atomic E-state index is 6.52. The number of aromatic nitrogens is 3. The van der Waals surface area contributed by atoms with Gasteiger partial charge in [-0.25, -0.2) is 15.0 Å². The molecule has 13 rings (SSSR count). The third kappa shape index (κ3) is 6.04. The summed E-state index contributed by atoms with van der Waals surface area (Å²) < 4.78 is 12.8. The van der Waals surface area contributed by atoms with Crippen molar-refractivity contribution in [1.29, 1.82) is 0 Å². The van der Waals surface area contributed by atoms with Gasteiger partial charge in [0.2, 0.25) is 0 Å². The van der Waals surface area contributed by atoms with E-state index in [1.807, 2.05) is 66.7 Å². The maximum Gasteiger partial charge on any atom is 0.164 e. The lowest BCUT2D eigenvalue weighted by Gasteiger charge is -2.22. The van der Waals surface area contributed by atoms with Crippen LogP contribution < -0.4 is 0 Å². The average Bonchev–Trinajstić information content (AvgIpc) is 4.01. The van der Waals surface area contributed by atoms with E-state index in [-0.39, 0.29) is 5.41 Å². The summed E-state index contributed by atoms with van der Waals surface area (Å²) in [7, 11) is 0. The Morgan fingerprint density at radius 3 is 1.69 bits per heavy atom. The summed E-state index contributed by atoms with van der Waals surface area (Å²) in [5.74, 6) is 1.72. The molecule has 5 nitrogen and oxygen atoms in total. The largest absolute Gasteiger partial charge is 0.456 e. The van der Waals surface area contributed by atoms with Crippen LogP contribution in [0.2, 0.25) is 0 Å². The summed E-state index contributed by atoms with van der Waals surface area (Å²) in [6.45, 7) is 4.67. The van der Waals surface area contributed by atoms with E-state index in [9.17, 15) is 0 Å². The molecule has 5 heteroatoms. The Balaban J connectivity index is 0.870. The number of rotatable bonds is 6. The van der Waals surface area contributed by atoms with Crippen LogP contribution in [0.1, 0.15) is 25.0 Å². The predicted octanol–water partition coefficient (Wildman–Crippen LogP) is 16.0. The lowest BCUT2D eigenvalue weighted by Crippen LogP contribution is -2.14. The molecule has 3 heterocycles. The van der Waals surface area contributed by atoms with Crippen LogP contribution in [0.5, 0.6) is 0 Å². The first-order valence-corrected chi connectivity index (χ1v) is 22.1. The third-order valence-electron chi connectivity index (χ3n) is 13.4. The van der Waals surface area contributed by atoms with Gasteiger partial charge >= 0.3 is 0 Å². The molecule has 1 aliphatic carbocycles. The number of benzene rings is 9. The number of para-hydroxylation sites is 1. The Morgan fingerprint density at radius 2 is 0.846 bits per heavy atom. The summed E-state index contributed by atoms with van der Waals surface area (Å²) in [5, 5.41) is 4.09. The number of fused-ring (bicyclic) bond motifs is 9. The third-order valence-corrected chi connectivity index (χ3v) is 13.4. The second kappa shape index (κ2) is 14.3. The minimum absolute atomic E-state index is 0.0365. The number of hydrogen-bond donors (Lipinski definition) is 0. The van der Waals surface area contributed by atoms with Gasteiger partial charge in [0.15, 0.2) is 17.5 Å². The number of furan rings is 2. The molecule has 0 aliphatic heterocycles. The van der Waals surface area contributed by atoms with Gasteiger partial charge in [0, 0.05) is 43.7 Å². The second-order valence-electron chi connectivity index (χ2n) is 17.6. The SMILES string of the molecule is CC1(C)c2ccccc2-c2ccc(-c3ccc(-c4cccc(-c5ccc6oc7cccc(-c8nc(-c9ccccc9)nc(-c9ccc%10c(c9)oc9ccccc9%10)n8)c7c6c5)c4)cc3)cc21. The molecule has 0 bridgehead atoms. The highest BCUT2D eigenvalue weighted by atomic mass is 16.3. The molecule has 0 atom stereocenters. The Bertz CT molecular complexity index is 3860. The molecule has 0 radical (unpaired) electrons. The lowest BCUT2D eigenvalue weighted by atomic mass is 9.81. The molecule has 9 aromatic carbocycles. The molecule has 306 valence electrons. The van der Waals surface area contributed by atoms with Crippen LogP contribution in [0.4, 0.5) is 0 Å². The summed E-state index contributed by atoms with van der Waals surface area (Å²) in [4.78, 5) is 15.3. The molecule has 12 aromatic rings. The lowest BCUT2D eigenvalue weighted by molar-refractivity contribution is 0.660. The topological polar surface area (TPSA) is 65.0 Å². The zero-order valence-electron chi connectivity index (χ0n) is 35.7. The van der Waals surface area contributed by atoms with Crippen molar-refractivity contribution in [2.24, 2.45) is 0 Å². The van der Waals surface area contributed by atoms with Crippen LogP contribution in [0, 0.1) is 0 Å². The Morgan fingerprint density at radius 1 is 0.308 bits per heavy atom. The van der Waals surface area contributed by atoms with Gasteiger partial charge in [0.25, 0.3) is 0 Å². The summed E-state index contributed by atoms with van der Waals surface area (Å²) in [5.41, 5.74) is 18.2. The predicted molar refractivity (Wildman–Crippen MR) is 265 cm³/mol. The van der Waals surface area contributed by atoms with Crippen LogP contribution >= 0.6 is 0 Å². The van der Waals surface area contributed by atoms with Crippen molar-refractivity contribution in [3.05, 3.63) is 211 Å². The number of hydrogen-bond acceptors (Lipinski definition) is 5. The van der Waals surface area contributed by atoms with Crippen LogP contribution in [0.3, 0.4) is 0 Å². The smallest absolute Gasteiger partial charge is 0.164 e. The van der Waals surface area contributed by atoms with Gasteiger partial charge in [-0.15, -0.1) is 0 Å². The molecular formula is C60H39N3O2. The summed E-state index contributed by atoms with van der Waals surface area (Å²) in [6.07, 6.45) is 0. The standard InChI is InChI=1S/C60H39N3O2/c1-60(2)50-19-8-6-16-44(50)45-29-26-42(34-51(45)60)37-24-22-36(23-25-37)39-14-10-15-40(32-39)41-28-31-53-49(33-41)56-48(18-11-21-54(56)64-53)59-62-57(38-12-4-3-5-13-38)61-58(63-59)43-27-30-47-46-17-7-9-20-52(46)65-55(47)35-43/h3-35H,1-2H3. The summed E-state index contributed by atoms with van der Waals surface area (Å²) in [6, 6.07) is 70.4. The van der Waals surface area contributed by atoms with Crippen molar-refractivity contribution >= 4 is 43.9 Å². The van der Waals surface area contributed by atoms with E-state index >= 15 is 0 Å². The van der Waals surface area contributed by atoms with E-state index in [1.54, 1.807) is 0 Å². The van der Waals surface area contributed by atoms with Crippen molar-refractivity contribution in [3.63, 3.8) is 0 Å². The van der Waals surface area contributed by atoms with Crippen LogP contribution in [0.25, 0.3) is 123 Å². The molecule has 3 aromatic heterocycles. The Labute approximate surface area is 375 Å². The summed E-state index contributed by atoms with van der Waals surface area (Å²) >= 11 is 0. The van der Waals surface area contributed by atoms with Crippen molar-refractivity contribution in [3.8, 4) is 78.7 Å². The monoisotopic (exact) mass is 833 g/mol. The Kier molecular flexibility index (Phi) is 8.18. The highest BCUT2D eigenvalue weighted by molar-refractivity contribution is 6.13. The highest BCUT2D eigenvalue weighted by Gasteiger charge is 2.35. The van der Waals surface area contributed by atoms with Gasteiger partial charge < -0.3 is 8.83 Å². The van der Waals surface area contributed by atoms with E-state index in [0.29, 0.717) is 17.5 Å². The van der Waals surface area contributed by atoms with E-state index in [2.05, 4.69) is 147 Å². The van der Waals surface area contributed by atoms with E-state index in [1.165, 1.54) is 38.9 Å². The van der Waals surface area contributed by atoms with E-state index in [4.69, 9.17) is 23.8 Å². The zero-order chi connectivity index (χ0) is 43.2. The first kappa shape index (κ1) is 37.2. The van der Waals surface area contributed by atoms with E-state index in [0.717, 1.165) is 77.3 Å². The van der Waals surface area contributed by atoms with Crippen LogP contribution in [-0.2, 0) is 5.41 Å². The molecule has 0 saturated heterocycles. The number of nitrogens with zero attached hydrogens (tertiary/aromatic N) is 3. The fourth-order valence-corrected chi connectivity index (χ4v) is 10.0. The highest BCUT2D eigenvalue weighted by Crippen LogP contribution is 2.49. The normalized spacial score (nSPS) is 12.9. The van der Waals surface area contributed by atoms with Gasteiger partial charge in [-0.1, -0.05) is 166 Å². The second-order valence-corrected chi connectivity index (χ2v) is 17.6. The first-order valence-electron chi connectivity index (χ1n) is 22.1. The van der Waals surface area contributed by atoms with Gasteiger partial charge in [-0.3, -0.25) is 0 Å². The van der Waals surface area contributed by atoms with Gasteiger partial charge in [0.1, 0.15) is 22.3 Å². The van der Waals surface area contributed by atoms with Crippen molar-refractivity contribution in [1.82, 2.24) is 15.0 Å². The van der Waals surface area contributed by atoms with Crippen molar-refractivity contribution in [2.75, 3.05) is 0 Å². The molecule has 0 amide bonds. The minimum atomic E-state index is -0.0365. The molecule has 0 spiro atoms. The fraction of sp³-hybridized carbons (Fsp3) is 0.0500. The average molecular weight is 834 g/mol. The van der Waals surface area contributed by atoms with Gasteiger partial charge in [-0.2, -0.15) is 0 Å². The zero-order valence-corrected chi connectivity index (χ0v) is 35.7. The maximum absolute atomic E-state index is 6.52. The van der Waals surface area contributed by atoms with Crippen molar-refractivity contribution in [2.45, 2.75) is 19.3 Å². The molecular weight excluding hydrogens is 795 g/mol. The van der Waals surface area contributed by atoms with E-state index < -0.39 is 0 Å².